The number of methoxy groups -OCH3 is 1. The van der Waals surface area contributed by atoms with Gasteiger partial charge in [-0.15, -0.1) is 0 Å². The van der Waals surface area contributed by atoms with Crippen LogP contribution in [0, 0.1) is 0 Å². The number of fused-ring (bicyclic) bond motifs is 1. The van der Waals surface area contributed by atoms with Crippen LogP contribution < -0.4 is 10.3 Å². The third-order valence-electron chi connectivity index (χ3n) is 5.23. The van der Waals surface area contributed by atoms with Gasteiger partial charge in [-0.1, -0.05) is 18.2 Å². The van der Waals surface area contributed by atoms with Crippen molar-refractivity contribution in [3.05, 3.63) is 82.8 Å². The molecule has 0 saturated heterocycles. The van der Waals surface area contributed by atoms with E-state index in [2.05, 4.69) is 16.3 Å². The maximum Gasteiger partial charge on any atom is 0.275 e. The van der Waals surface area contributed by atoms with Crippen molar-refractivity contribution in [2.45, 2.75) is 25.3 Å². The second-order valence-corrected chi connectivity index (χ2v) is 7.21. The van der Waals surface area contributed by atoms with Crippen molar-refractivity contribution >= 4 is 10.8 Å². The standard InChI is InChI=1S/C22H20N4O2/c1-28-19-8-2-15(3-9-19)12-26-22(27)20-10-18(7-6-17(20)11-24-26)25-13-21(23-14-25)16-4-5-16/h2-3,6-11,13-14,16H,4-5,12H2,1H3. The Kier molecular flexibility index (Phi) is 3.97. The van der Waals surface area contributed by atoms with Crippen LogP contribution in [0.1, 0.15) is 30.0 Å². The Morgan fingerprint density at radius 2 is 1.96 bits per heavy atom. The number of hydrogen-bond acceptors (Lipinski definition) is 4. The lowest BCUT2D eigenvalue weighted by Gasteiger charge is -2.08. The molecule has 0 radical (unpaired) electrons. The number of aromatic nitrogens is 4. The van der Waals surface area contributed by atoms with E-state index >= 15 is 0 Å². The summed E-state index contributed by atoms with van der Waals surface area (Å²) in [5.41, 5.74) is 2.96. The van der Waals surface area contributed by atoms with Crippen LogP contribution in [0.5, 0.6) is 5.75 Å². The Hall–Kier alpha value is -3.41. The van der Waals surface area contributed by atoms with E-state index in [1.54, 1.807) is 13.3 Å². The monoisotopic (exact) mass is 372 g/mol. The van der Waals surface area contributed by atoms with E-state index in [-0.39, 0.29) is 5.56 Å². The molecular weight excluding hydrogens is 352 g/mol. The first-order chi connectivity index (χ1) is 13.7. The number of imidazole rings is 1. The molecule has 2 heterocycles. The molecule has 1 fully saturated rings. The summed E-state index contributed by atoms with van der Waals surface area (Å²) in [7, 11) is 1.63. The SMILES string of the molecule is COc1ccc(Cn2ncc3ccc(-n4cnc(C5CC5)c4)cc3c2=O)cc1. The Morgan fingerprint density at radius 3 is 2.71 bits per heavy atom. The Bertz CT molecular complexity index is 1200. The number of hydrogen-bond donors (Lipinski definition) is 0. The lowest BCUT2D eigenvalue weighted by Crippen LogP contribution is -2.23. The Morgan fingerprint density at radius 1 is 1.14 bits per heavy atom. The number of benzene rings is 2. The molecule has 1 aliphatic carbocycles. The van der Waals surface area contributed by atoms with Gasteiger partial charge in [0, 0.05) is 23.2 Å². The highest BCUT2D eigenvalue weighted by atomic mass is 16.5. The van der Waals surface area contributed by atoms with E-state index in [1.165, 1.54) is 17.5 Å². The van der Waals surface area contributed by atoms with Gasteiger partial charge in [-0.3, -0.25) is 4.79 Å². The largest absolute Gasteiger partial charge is 0.497 e. The number of nitrogens with zero attached hydrogens (tertiary/aromatic N) is 4. The molecular formula is C22H20N4O2. The minimum Gasteiger partial charge on any atom is -0.497 e. The normalized spacial score (nSPS) is 13.8. The summed E-state index contributed by atoms with van der Waals surface area (Å²) >= 11 is 0. The average molecular weight is 372 g/mol. The van der Waals surface area contributed by atoms with Gasteiger partial charge in [-0.05, 0) is 42.7 Å². The van der Waals surface area contributed by atoms with Crippen molar-refractivity contribution in [3.63, 3.8) is 0 Å². The van der Waals surface area contributed by atoms with E-state index in [1.807, 2.05) is 53.4 Å². The smallest absolute Gasteiger partial charge is 0.275 e. The second-order valence-electron chi connectivity index (χ2n) is 7.21. The number of ether oxygens (including phenoxy) is 1. The zero-order chi connectivity index (χ0) is 19.1. The first-order valence-electron chi connectivity index (χ1n) is 9.38. The van der Waals surface area contributed by atoms with Crippen LogP contribution in [0.4, 0.5) is 0 Å². The van der Waals surface area contributed by atoms with Crippen molar-refractivity contribution in [1.29, 1.82) is 0 Å². The zero-order valence-electron chi connectivity index (χ0n) is 15.6. The summed E-state index contributed by atoms with van der Waals surface area (Å²) in [4.78, 5) is 17.5. The summed E-state index contributed by atoms with van der Waals surface area (Å²) in [5, 5.41) is 5.83. The Labute approximate surface area is 162 Å². The van der Waals surface area contributed by atoms with Crippen LogP contribution in [0.15, 0.2) is 66.0 Å². The molecule has 0 unspecified atom stereocenters. The minimum atomic E-state index is -0.0994. The molecule has 0 bridgehead atoms. The van der Waals surface area contributed by atoms with Crippen LogP contribution in [-0.4, -0.2) is 26.4 Å². The van der Waals surface area contributed by atoms with Gasteiger partial charge >= 0.3 is 0 Å². The summed E-state index contributed by atoms with van der Waals surface area (Å²) in [6.45, 7) is 0.417. The predicted octanol–water partition coefficient (Wildman–Crippen LogP) is 3.52. The molecule has 2 aromatic carbocycles. The predicted molar refractivity (Wildman–Crippen MR) is 107 cm³/mol. The van der Waals surface area contributed by atoms with Crippen LogP contribution in [0.25, 0.3) is 16.5 Å². The lowest BCUT2D eigenvalue weighted by molar-refractivity contribution is 0.414. The highest BCUT2D eigenvalue weighted by molar-refractivity contribution is 5.82. The highest BCUT2D eigenvalue weighted by Gasteiger charge is 2.25. The minimum absolute atomic E-state index is 0.0994. The topological polar surface area (TPSA) is 61.9 Å². The summed E-state index contributed by atoms with van der Waals surface area (Å²) < 4.78 is 8.67. The molecule has 5 rings (SSSR count). The summed E-state index contributed by atoms with van der Waals surface area (Å²) in [6, 6.07) is 13.5. The van der Waals surface area contributed by atoms with Crippen molar-refractivity contribution in [2.24, 2.45) is 0 Å². The number of rotatable bonds is 5. The summed E-state index contributed by atoms with van der Waals surface area (Å²) in [5.74, 6) is 1.39. The van der Waals surface area contributed by atoms with E-state index in [0.29, 0.717) is 17.8 Å². The van der Waals surface area contributed by atoms with Crippen molar-refractivity contribution in [1.82, 2.24) is 19.3 Å². The van der Waals surface area contributed by atoms with Crippen LogP contribution >= 0.6 is 0 Å². The van der Waals surface area contributed by atoms with Gasteiger partial charge in [-0.2, -0.15) is 5.10 Å². The first kappa shape index (κ1) is 16.7. The second kappa shape index (κ2) is 6.64. The van der Waals surface area contributed by atoms with Gasteiger partial charge in [0.1, 0.15) is 5.75 Å². The third kappa shape index (κ3) is 3.07. The van der Waals surface area contributed by atoms with Gasteiger partial charge in [0.15, 0.2) is 0 Å². The molecule has 0 N–H and O–H groups in total. The molecule has 1 aliphatic rings. The fourth-order valence-electron chi connectivity index (χ4n) is 3.41. The van der Waals surface area contributed by atoms with Gasteiger partial charge in [0.05, 0.1) is 37.3 Å². The fourth-order valence-corrected chi connectivity index (χ4v) is 3.41. The lowest BCUT2D eigenvalue weighted by atomic mass is 10.1. The molecule has 6 heteroatoms. The van der Waals surface area contributed by atoms with Gasteiger partial charge in [0.25, 0.3) is 5.56 Å². The van der Waals surface area contributed by atoms with Crippen LogP contribution in [0.3, 0.4) is 0 Å². The molecule has 0 atom stereocenters. The molecule has 0 aliphatic heterocycles. The Balaban J connectivity index is 1.50. The zero-order valence-corrected chi connectivity index (χ0v) is 15.6. The summed E-state index contributed by atoms with van der Waals surface area (Å²) in [6.07, 6.45) is 8.07. The van der Waals surface area contributed by atoms with Crippen molar-refractivity contribution in [2.75, 3.05) is 7.11 Å². The maximum absolute atomic E-state index is 13.0. The molecule has 28 heavy (non-hydrogen) atoms. The van der Waals surface area contributed by atoms with E-state index in [0.717, 1.165) is 28.1 Å². The molecule has 0 amide bonds. The van der Waals surface area contributed by atoms with Crippen LogP contribution in [0.2, 0.25) is 0 Å². The quantitative estimate of drug-likeness (QED) is 0.538. The fraction of sp³-hybridized carbons (Fsp3) is 0.227. The highest BCUT2D eigenvalue weighted by Crippen LogP contribution is 2.39. The molecule has 1 saturated carbocycles. The molecule has 2 aromatic heterocycles. The third-order valence-corrected chi connectivity index (χ3v) is 5.23. The molecule has 4 aromatic rings. The molecule has 140 valence electrons. The van der Waals surface area contributed by atoms with Gasteiger partial charge < -0.3 is 9.30 Å². The van der Waals surface area contributed by atoms with Gasteiger partial charge in [-0.25, -0.2) is 9.67 Å². The van der Waals surface area contributed by atoms with E-state index < -0.39 is 0 Å². The van der Waals surface area contributed by atoms with E-state index in [4.69, 9.17) is 4.74 Å². The van der Waals surface area contributed by atoms with Crippen molar-refractivity contribution < 1.29 is 4.74 Å². The maximum atomic E-state index is 13.0. The van der Waals surface area contributed by atoms with Crippen LogP contribution in [-0.2, 0) is 6.54 Å². The van der Waals surface area contributed by atoms with Gasteiger partial charge in [0.2, 0.25) is 0 Å². The average Bonchev–Trinajstić information content (AvgIpc) is 3.47. The van der Waals surface area contributed by atoms with E-state index in [9.17, 15) is 4.79 Å². The molecule has 6 nitrogen and oxygen atoms in total. The first-order valence-corrected chi connectivity index (χ1v) is 9.38. The van der Waals surface area contributed by atoms with Crippen molar-refractivity contribution in [3.8, 4) is 11.4 Å². The molecule has 0 spiro atoms.